The number of nitrogens with zero attached hydrogens (tertiary/aromatic N) is 1. The molecule has 32 heavy (non-hydrogen) atoms. The van der Waals surface area contributed by atoms with Gasteiger partial charge in [-0.1, -0.05) is 26.8 Å². The number of methoxy groups -OCH3 is 1. The van der Waals surface area contributed by atoms with Gasteiger partial charge < -0.3 is 24.1 Å². The van der Waals surface area contributed by atoms with Gasteiger partial charge in [0.05, 0.1) is 12.0 Å². The summed E-state index contributed by atoms with van der Waals surface area (Å²) in [4.78, 5) is 13.3. The van der Waals surface area contributed by atoms with E-state index in [-0.39, 0.29) is 18.1 Å². The third-order valence-corrected chi connectivity index (χ3v) is 6.56. The second-order valence-corrected chi connectivity index (χ2v) is 9.80. The van der Waals surface area contributed by atoms with Gasteiger partial charge in [0.15, 0.2) is 11.5 Å². The molecule has 5 rings (SSSR count). The van der Waals surface area contributed by atoms with Crippen molar-refractivity contribution in [3.8, 4) is 11.5 Å². The molecule has 0 saturated heterocycles. The Kier molecular flexibility index (Phi) is 4.93. The van der Waals surface area contributed by atoms with Crippen LogP contribution in [-0.4, -0.2) is 31.0 Å². The molecule has 6 heteroatoms. The zero-order valence-electron chi connectivity index (χ0n) is 19.2. The van der Waals surface area contributed by atoms with Gasteiger partial charge >= 0.3 is 0 Å². The number of nitrogens with one attached hydrogen (secondary N) is 1. The summed E-state index contributed by atoms with van der Waals surface area (Å²) in [5.41, 5.74) is 3.73. The maximum atomic E-state index is 13.3. The third kappa shape index (κ3) is 3.52. The minimum atomic E-state index is -0.489. The molecule has 2 aliphatic rings. The number of fused-ring (bicyclic) bond motifs is 2. The first kappa shape index (κ1) is 20.9. The van der Waals surface area contributed by atoms with Crippen LogP contribution < -0.4 is 14.8 Å². The largest absolute Gasteiger partial charge is 0.454 e. The number of carbonyl (C=O) groups is 1. The molecule has 1 fully saturated rings. The second-order valence-electron chi connectivity index (χ2n) is 9.80. The van der Waals surface area contributed by atoms with Gasteiger partial charge in [0.25, 0.3) is 0 Å². The molecule has 2 heterocycles. The Morgan fingerprint density at radius 3 is 2.59 bits per heavy atom. The molecule has 2 aromatic carbocycles. The second kappa shape index (κ2) is 7.55. The van der Waals surface area contributed by atoms with E-state index in [4.69, 9.17) is 14.2 Å². The standard InChI is InChI=1S/C26H30N2O4/c1-25(2,3)23-14-17-13-19(6-7-20(17)28(23)11-12-30-4)27-24(29)26(9-10-26)18-5-8-21-22(15-18)32-16-31-21/h5-8,13-15H,9-12,16H2,1-4H3,(H,27,29). The van der Waals surface area contributed by atoms with E-state index < -0.39 is 5.41 Å². The SMILES string of the molecule is COCCn1c(C(C)(C)C)cc2cc(NC(=O)C3(c4ccc5c(c4)OCO5)CC3)ccc21. The van der Waals surface area contributed by atoms with E-state index in [1.165, 1.54) is 5.69 Å². The van der Waals surface area contributed by atoms with Crippen molar-refractivity contribution in [3.05, 3.63) is 53.7 Å². The van der Waals surface area contributed by atoms with Gasteiger partial charge in [-0.05, 0) is 54.8 Å². The molecule has 1 saturated carbocycles. The van der Waals surface area contributed by atoms with Crippen molar-refractivity contribution in [1.82, 2.24) is 4.57 Å². The molecular weight excluding hydrogens is 404 g/mol. The van der Waals surface area contributed by atoms with E-state index in [2.05, 4.69) is 48.9 Å². The topological polar surface area (TPSA) is 61.7 Å². The number of hydrogen-bond donors (Lipinski definition) is 1. The Balaban J connectivity index is 1.42. The molecular formula is C26H30N2O4. The summed E-state index contributed by atoms with van der Waals surface area (Å²) in [5.74, 6) is 1.49. The van der Waals surface area contributed by atoms with Crippen LogP contribution in [-0.2, 0) is 26.9 Å². The molecule has 1 N–H and O–H groups in total. The van der Waals surface area contributed by atoms with Gasteiger partial charge in [-0.15, -0.1) is 0 Å². The molecule has 1 aliphatic carbocycles. The molecule has 1 aliphatic heterocycles. The lowest BCUT2D eigenvalue weighted by Gasteiger charge is -2.22. The maximum absolute atomic E-state index is 13.3. The predicted octanol–water partition coefficient (Wildman–Crippen LogP) is 4.98. The highest BCUT2D eigenvalue weighted by Gasteiger charge is 2.51. The van der Waals surface area contributed by atoms with E-state index in [1.807, 2.05) is 24.3 Å². The molecule has 3 aromatic rings. The summed E-state index contributed by atoms with van der Waals surface area (Å²) >= 11 is 0. The molecule has 0 atom stereocenters. The van der Waals surface area contributed by atoms with Crippen LogP contribution in [0, 0.1) is 0 Å². The Morgan fingerprint density at radius 1 is 1.09 bits per heavy atom. The highest BCUT2D eigenvalue weighted by Crippen LogP contribution is 2.51. The molecule has 168 valence electrons. The predicted molar refractivity (Wildman–Crippen MR) is 125 cm³/mol. The van der Waals surface area contributed by atoms with Crippen LogP contribution in [0.25, 0.3) is 10.9 Å². The van der Waals surface area contributed by atoms with E-state index in [0.717, 1.165) is 53.0 Å². The van der Waals surface area contributed by atoms with Crippen molar-refractivity contribution in [3.63, 3.8) is 0 Å². The number of ether oxygens (including phenoxy) is 3. The summed E-state index contributed by atoms with van der Waals surface area (Å²) in [5, 5.41) is 4.29. The van der Waals surface area contributed by atoms with Crippen LogP contribution in [0.1, 0.15) is 44.9 Å². The zero-order chi connectivity index (χ0) is 22.5. The lowest BCUT2D eigenvalue weighted by Crippen LogP contribution is -2.27. The summed E-state index contributed by atoms with van der Waals surface area (Å²) in [6, 6.07) is 14.2. The quantitative estimate of drug-likeness (QED) is 0.594. The summed E-state index contributed by atoms with van der Waals surface area (Å²) in [6.07, 6.45) is 1.67. The maximum Gasteiger partial charge on any atom is 0.235 e. The minimum Gasteiger partial charge on any atom is -0.454 e. The number of amides is 1. The van der Waals surface area contributed by atoms with Gasteiger partial charge in [0, 0.05) is 41.4 Å². The minimum absolute atomic E-state index is 0.00754. The molecule has 0 spiro atoms. The Hall–Kier alpha value is -2.99. The number of aromatic nitrogens is 1. The molecule has 0 radical (unpaired) electrons. The summed E-state index contributed by atoms with van der Waals surface area (Å²) in [6.45, 7) is 8.34. The highest BCUT2D eigenvalue weighted by molar-refractivity contribution is 6.02. The van der Waals surface area contributed by atoms with Crippen LogP contribution in [0.4, 0.5) is 5.69 Å². The Morgan fingerprint density at radius 2 is 1.88 bits per heavy atom. The van der Waals surface area contributed by atoms with Crippen LogP contribution in [0.3, 0.4) is 0 Å². The van der Waals surface area contributed by atoms with Crippen molar-refractivity contribution in [2.24, 2.45) is 0 Å². The van der Waals surface area contributed by atoms with Crippen LogP contribution in [0.2, 0.25) is 0 Å². The Labute approximate surface area is 188 Å². The highest BCUT2D eigenvalue weighted by atomic mass is 16.7. The number of rotatable bonds is 6. The van der Waals surface area contributed by atoms with Gasteiger partial charge in [-0.3, -0.25) is 4.79 Å². The first-order valence-corrected chi connectivity index (χ1v) is 11.2. The van der Waals surface area contributed by atoms with E-state index in [9.17, 15) is 4.79 Å². The van der Waals surface area contributed by atoms with Crippen molar-refractivity contribution in [2.75, 3.05) is 25.8 Å². The van der Waals surface area contributed by atoms with E-state index in [1.54, 1.807) is 7.11 Å². The van der Waals surface area contributed by atoms with Gasteiger partial charge in [-0.2, -0.15) is 0 Å². The van der Waals surface area contributed by atoms with Crippen molar-refractivity contribution >= 4 is 22.5 Å². The normalized spacial score (nSPS) is 16.4. The number of anilines is 1. The van der Waals surface area contributed by atoms with Crippen LogP contribution >= 0.6 is 0 Å². The van der Waals surface area contributed by atoms with E-state index in [0.29, 0.717) is 6.61 Å². The molecule has 0 bridgehead atoms. The van der Waals surface area contributed by atoms with Crippen molar-refractivity contribution in [2.45, 2.75) is 51.0 Å². The molecule has 1 amide bonds. The van der Waals surface area contributed by atoms with Gasteiger partial charge in [0.1, 0.15) is 0 Å². The lowest BCUT2D eigenvalue weighted by molar-refractivity contribution is -0.118. The fourth-order valence-corrected chi connectivity index (χ4v) is 4.61. The number of hydrogen-bond acceptors (Lipinski definition) is 4. The number of carbonyl (C=O) groups excluding carboxylic acids is 1. The first-order valence-electron chi connectivity index (χ1n) is 11.2. The molecule has 0 unspecified atom stereocenters. The number of benzene rings is 2. The van der Waals surface area contributed by atoms with Gasteiger partial charge in [0.2, 0.25) is 12.7 Å². The fraction of sp³-hybridized carbons (Fsp3) is 0.423. The average molecular weight is 435 g/mol. The Bertz CT molecular complexity index is 1180. The lowest BCUT2D eigenvalue weighted by atomic mass is 9.92. The summed E-state index contributed by atoms with van der Waals surface area (Å²) in [7, 11) is 1.73. The smallest absolute Gasteiger partial charge is 0.235 e. The van der Waals surface area contributed by atoms with Crippen molar-refractivity contribution < 1.29 is 19.0 Å². The monoisotopic (exact) mass is 434 g/mol. The van der Waals surface area contributed by atoms with Crippen molar-refractivity contribution in [1.29, 1.82) is 0 Å². The molecule has 6 nitrogen and oxygen atoms in total. The van der Waals surface area contributed by atoms with Crippen LogP contribution in [0.5, 0.6) is 11.5 Å². The van der Waals surface area contributed by atoms with Crippen LogP contribution in [0.15, 0.2) is 42.5 Å². The van der Waals surface area contributed by atoms with E-state index >= 15 is 0 Å². The zero-order valence-corrected chi connectivity index (χ0v) is 19.2. The summed E-state index contributed by atoms with van der Waals surface area (Å²) < 4.78 is 18.6. The molecule has 1 aromatic heterocycles. The third-order valence-electron chi connectivity index (χ3n) is 6.56. The fourth-order valence-electron chi connectivity index (χ4n) is 4.61. The first-order chi connectivity index (χ1) is 15.3. The average Bonchev–Trinajstić information content (AvgIpc) is 3.29. The van der Waals surface area contributed by atoms with Gasteiger partial charge in [-0.25, -0.2) is 0 Å².